The van der Waals surface area contributed by atoms with E-state index in [9.17, 15) is 0 Å². The second kappa shape index (κ2) is 7.85. The van der Waals surface area contributed by atoms with Crippen molar-refractivity contribution in [3.8, 4) is 0 Å². The van der Waals surface area contributed by atoms with E-state index in [4.69, 9.17) is 24.7 Å². The lowest BCUT2D eigenvalue weighted by atomic mass is 9.84. The van der Waals surface area contributed by atoms with Gasteiger partial charge in [-0.3, -0.25) is 4.90 Å². The third kappa shape index (κ3) is 4.15. The number of ether oxygens (including phenoxy) is 4. The molecule has 1 aliphatic carbocycles. The lowest BCUT2D eigenvalue weighted by Crippen LogP contribution is -2.59. The van der Waals surface area contributed by atoms with Gasteiger partial charge in [0.2, 0.25) is 0 Å². The zero-order valence-corrected chi connectivity index (χ0v) is 13.5. The van der Waals surface area contributed by atoms with Crippen LogP contribution >= 0.6 is 0 Å². The number of nitrogens with zero attached hydrogens (tertiary/aromatic N) is 1. The molecule has 0 amide bonds. The summed E-state index contributed by atoms with van der Waals surface area (Å²) in [5.74, 6) is -0.418. The zero-order chi connectivity index (χ0) is 15.3. The topological polar surface area (TPSA) is 66.2 Å². The molecule has 1 spiro atoms. The van der Waals surface area contributed by atoms with Gasteiger partial charge in [0.25, 0.3) is 0 Å². The first-order chi connectivity index (χ1) is 10.1. The predicted molar refractivity (Wildman–Crippen MR) is 80.2 cm³/mol. The molecule has 6 nitrogen and oxygen atoms in total. The Bertz CT molecular complexity index is 310. The third-order valence-corrected chi connectivity index (χ3v) is 4.64. The van der Waals surface area contributed by atoms with E-state index >= 15 is 0 Å². The lowest BCUT2D eigenvalue weighted by Gasteiger charge is -2.46. The molecule has 2 fully saturated rings. The third-order valence-electron chi connectivity index (χ3n) is 4.64. The first-order valence-electron chi connectivity index (χ1n) is 7.89. The Morgan fingerprint density at radius 2 is 2.00 bits per heavy atom. The normalized spacial score (nSPS) is 30.1. The summed E-state index contributed by atoms with van der Waals surface area (Å²) in [5.41, 5.74) is 6.40. The Morgan fingerprint density at radius 1 is 1.29 bits per heavy atom. The Hall–Kier alpha value is -0.240. The molecule has 2 aliphatic rings. The highest BCUT2D eigenvalue weighted by molar-refractivity contribution is 4.96. The highest BCUT2D eigenvalue weighted by Gasteiger charge is 2.46. The van der Waals surface area contributed by atoms with Crippen molar-refractivity contribution in [1.29, 1.82) is 0 Å². The van der Waals surface area contributed by atoms with Gasteiger partial charge in [0.05, 0.1) is 26.4 Å². The van der Waals surface area contributed by atoms with Crippen LogP contribution in [0.2, 0.25) is 0 Å². The van der Waals surface area contributed by atoms with Crippen LogP contribution in [0.4, 0.5) is 0 Å². The molecule has 0 aromatic heterocycles. The van der Waals surface area contributed by atoms with Crippen LogP contribution in [0.5, 0.6) is 0 Å². The van der Waals surface area contributed by atoms with E-state index < -0.39 is 5.79 Å². The Morgan fingerprint density at radius 3 is 2.62 bits per heavy atom. The number of nitrogens with two attached hydrogens (primary N) is 1. The molecule has 6 heteroatoms. The largest absolute Gasteiger partial charge is 0.383 e. The van der Waals surface area contributed by atoms with Crippen LogP contribution in [-0.4, -0.2) is 76.0 Å². The molecule has 1 saturated carbocycles. The second-order valence-corrected chi connectivity index (χ2v) is 6.12. The minimum absolute atomic E-state index is 0.139. The maximum absolute atomic E-state index is 6.40. The smallest absolute Gasteiger partial charge is 0.170 e. The molecule has 0 radical (unpaired) electrons. The predicted octanol–water partition coefficient (Wildman–Crippen LogP) is 0.593. The van der Waals surface area contributed by atoms with E-state index in [0.29, 0.717) is 26.4 Å². The molecule has 0 aromatic carbocycles. The summed E-state index contributed by atoms with van der Waals surface area (Å²) in [6.07, 6.45) is 2.64. The summed E-state index contributed by atoms with van der Waals surface area (Å²) in [5, 5.41) is 0. The molecule has 3 unspecified atom stereocenters. The van der Waals surface area contributed by atoms with Crippen LogP contribution in [0.3, 0.4) is 0 Å². The zero-order valence-electron chi connectivity index (χ0n) is 13.5. The molecule has 3 atom stereocenters. The van der Waals surface area contributed by atoms with Gasteiger partial charge < -0.3 is 24.7 Å². The van der Waals surface area contributed by atoms with E-state index in [2.05, 4.69) is 11.8 Å². The summed E-state index contributed by atoms with van der Waals surface area (Å²) in [6, 6.07) is 0.662. The first-order valence-corrected chi connectivity index (χ1v) is 7.89. The van der Waals surface area contributed by atoms with Crippen LogP contribution in [0.1, 0.15) is 26.2 Å². The quantitative estimate of drug-likeness (QED) is 0.742. The van der Waals surface area contributed by atoms with Gasteiger partial charge in [-0.25, -0.2) is 0 Å². The maximum Gasteiger partial charge on any atom is 0.170 e. The average molecular weight is 302 g/mol. The number of rotatable bonds is 7. The van der Waals surface area contributed by atoms with Gasteiger partial charge in [0, 0.05) is 51.7 Å². The van der Waals surface area contributed by atoms with Crippen LogP contribution in [-0.2, 0) is 18.9 Å². The van der Waals surface area contributed by atoms with E-state index in [1.165, 1.54) is 0 Å². The van der Waals surface area contributed by atoms with Crippen molar-refractivity contribution in [2.24, 2.45) is 5.73 Å². The highest BCUT2D eigenvalue weighted by Crippen LogP contribution is 2.37. The minimum atomic E-state index is -0.418. The van der Waals surface area contributed by atoms with Gasteiger partial charge in [-0.2, -0.15) is 0 Å². The fourth-order valence-corrected chi connectivity index (χ4v) is 3.52. The summed E-state index contributed by atoms with van der Waals surface area (Å²) in [6.45, 7) is 5.76. The van der Waals surface area contributed by atoms with Gasteiger partial charge in [-0.1, -0.05) is 0 Å². The molecule has 1 saturated heterocycles. The molecular weight excluding hydrogens is 272 g/mol. The molecule has 21 heavy (non-hydrogen) atoms. The Kier molecular flexibility index (Phi) is 6.40. The van der Waals surface area contributed by atoms with Crippen molar-refractivity contribution in [2.75, 3.05) is 47.2 Å². The summed E-state index contributed by atoms with van der Waals surface area (Å²) < 4.78 is 22.4. The fraction of sp³-hybridized carbons (Fsp3) is 1.00. The van der Waals surface area contributed by atoms with E-state index in [-0.39, 0.29) is 18.1 Å². The van der Waals surface area contributed by atoms with Crippen molar-refractivity contribution in [1.82, 2.24) is 4.90 Å². The number of methoxy groups -OCH3 is 2. The molecule has 0 bridgehead atoms. The summed E-state index contributed by atoms with van der Waals surface area (Å²) in [7, 11) is 3.46. The van der Waals surface area contributed by atoms with Crippen molar-refractivity contribution >= 4 is 0 Å². The van der Waals surface area contributed by atoms with E-state index in [1.54, 1.807) is 14.2 Å². The standard InChI is InChI=1S/C15H30N2O4/c1-12(11-19-3)17(6-7-18-2)14-10-15(5-4-13(14)16)20-8-9-21-15/h12-14H,4-11,16H2,1-3H3. The van der Waals surface area contributed by atoms with Crippen molar-refractivity contribution < 1.29 is 18.9 Å². The SMILES string of the molecule is COCCN(C(C)COC)C1CC2(CCC1N)OCCO2. The highest BCUT2D eigenvalue weighted by atomic mass is 16.7. The minimum Gasteiger partial charge on any atom is -0.383 e. The maximum atomic E-state index is 6.40. The molecule has 2 N–H and O–H groups in total. The van der Waals surface area contributed by atoms with Crippen LogP contribution in [0.25, 0.3) is 0 Å². The van der Waals surface area contributed by atoms with Gasteiger partial charge >= 0.3 is 0 Å². The van der Waals surface area contributed by atoms with Gasteiger partial charge in [-0.15, -0.1) is 0 Å². The Balaban J connectivity index is 2.07. The summed E-state index contributed by atoms with van der Waals surface area (Å²) in [4.78, 5) is 2.39. The average Bonchev–Trinajstić information content (AvgIpc) is 2.92. The lowest BCUT2D eigenvalue weighted by molar-refractivity contribution is -0.194. The fourth-order valence-electron chi connectivity index (χ4n) is 3.52. The molecule has 2 rings (SSSR count). The molecule has 1 aliphatic heterocycles. The van der Waals surface area contributed by atoms with E-state index in [0.717, 1.165) is 25.8 Å². The number of hydrogen-bond acceptors (Lipinski definition) is 6. The van der Waals surface area contributed by atoms with Crippen LogP contribution < -0.4 is 5.73 Å². The monoisotopic (exact) mass is 302 g/mol. The van der Waals surface area contributed by atoms with Crippen molar-refractivity contribution in [3.05, 3.63) is 0 Å². The second-order valence-electron chi connectivity index (χ2n) is 6.12. The molecule has 124 valence electrons. The van der Waals surface area contributed by atoms with Crippen molar-refractivity contribution in [3.63, 3.8) is 0 Å². The molecule has 1 heterocycles. The number of hydrogen-bond donors (Lipinski definition) is 1. The van der Waals surface area contributed by atoms with Gasteiger partial charge in [-0.05, 0) is 13.3 Å². The van der Waals surface area contributed by atoms with Gasteiger partial charge in [0.1, 0.15) is 0 Å². The van der Waals surface area contributed by atoms with E-state index in [1.807, 2.05) is 0 Å². The molecule has 0 aromatic rings. The Labute approximate surface area is 127 Å². The van der Waals surface area contributed by atoms with Crippen LogP contribution in [0, 0.1) is 0 Å². The summed E-state index contributed by atoms with van der Waals surface area (Å²) >= 11 is 0. The first kappa shape index (κ1) is 17.1. The van der Waals surface area contributed by atoms with Gasteiger partial charge in [0.15, 0.2) is 5.79 Å². The van der Waals surface area contributed by atoms with Crippen LogP contribution in [0.15, 0.2) is 0 Å². The molecular formula is C15H30N2O4. The van der Waals surface area contributed by atoms with Crippen molar-refractivity contribution in [2.45, 2.75) is 50.1 Å².